The van der Waals surface area contributed by atoms with Crippen molar-refractivity contribution in [3.05, 3.63) is 29.8 Å². The Morgan fingerprint density at radius 1 is 1.13 bits per heavy atom. The van der Waals surface area contributed by atoms with E-state index >= 15 is 0 Å². The second-order valence-electron chi connectivity index (χ2n) is 5.64. The van der Waals surface area contributed by atoms with Gasteiger partial charge in [0, 0.05) is 18.8 Å². The highest BCUT2D eigenvalue weighted by atomic mass is 19.4. The van der Waals surface area contributed by atoms with Gasteiger partial charge in [-0.1, -0.05) is 6.07 Å². The van der Waals surface area contributed by atoms with Gasteiger partial charge in [-0.25, -0.2) is 0 Å². The van der Waals surface area contributed by atoms with Gasteiger partial charge in [-0.3, -0.25) is 9.59 Å². The Hall–Kier alpha value is -2.05. The standard InChI is InChI=1S/C16H21F3N2O2/c1-5-21(6-2)14(23)15(3,4)13(22)20-12-9-7-8-11(10-12)16(17,18)19/h7-10H,5-6H2,1-4H3,(H,20,22). The predicted octanol–water partition coefficient (Wildman–Crippen LogP) is 3.54. The molecule has 1 N–H and O–H groups in total. The van der Waals surface area contributed by atoms with Crippen molar-refractivity contribution in [2.45, 2.75) is 33.9 Å². The third kappa shape index (κ3) is 4.46. The Labute approximate surface area is 133 Å². The van der Waals surface area contributed by atoms with Crippen LogP contribution >= 0.6 is 0 Å². The highest BCUT2D eigenvalue weighted by Gasteiger charge is 2.38. The summed E-state index contributed by atoms with van der Waals surface area (Å²) in [5.41, 5.74) is -2.23. The minimum atomic E-state index is -4.49. The van der Waals surface area contributed by atoms with Crippen LogP contribution in [-0.4, -0.2) is 29.8 Å². The van der Waals surface area contributed by atoms with Gasteiger partial charge in [0.25, 0.3) is 0 Å². The van der Waals surface area contributed by atoms with E-state index < -0.39 is 23.1 Å². The van der Waals surface area contributed by atoms with Crippen LogP contribution in [0.4, 0.5) is 18.9 Å². The molecule has 0 aliphatic carbocycles. The van der Waals surface area contributed by atoms with Gasteiger partial charge >= 0.3 is 6.18 Å². The number of hydrogen-bond donors (Lipinski definition) is 1. The lowest BCUT2D eigenvalue weighted by molar-refractivity contribution is -0.146. The lowest BCUT2D eigenvalue weighted by atomic mass is 9.90. The van der Waals surface area contributed by atoms with Gasteiger partial charge in [-0.05, 0) is 45.9 Å². The van der Waals surface area contributed by atoms with Crippen molar-refractivity contribution < 1.29 is 22.8 Å². The van der Waals surface area contributed by atoms with E-state index in [-0.39, 0.29) is 11.6 Å². The zero-order valence-corrected chi connectivity index (χ0v) is 13.6. The quantitative estimate of drug-likeness (QED) is 0.840. The van der Waals surface area contributed by atoms with E-state index in [1.807, 2.05) is 0 Å². The SMILES string of the molecule is CCN(CC)C(=O)C(C)(C)C(=O)Nc1cccc(C(F)(F)F)c1. The number of carbonyl (C=O) groups is 2. The first-order chi connectivity index (χ1) is 10.5. The molecular weight excluding hydrogens is 309 g/mol. The van der Waals surface area contributed by atoms with Gasteiger partial charge in [0.15, 0.2) is 0 Å². The van der Waals surface area contributed by atoms with E-state index in [4.69, 9.17) is 0 Å². The molecule has 1 rings (SSSR count). The molecule has 1 aromatic carbocycles. The van der Waals surface area contributed by atoms with Crippen molar-refractivity contribution in [3.63, 3.8) is 0 Å². The largest absolute Gasteiger partial charge is 0.416 e. The number of nitrogens with zero attached hydrogens (tertiary/aromatic N) is 1. The molecule has 4 nitrogen and oxygen atoms in total. The molecule has 7 heteroatoms. The first-order valence-corrected chi connectivity index (χ1v) is 7.32. The Balaban J connectivity index is 2.96. The van der Waals surface area contributed by atoms with Crippen molar-refractivity contribution in [1.29, 1.82) is 0 Å². The van der Waals surface area contributed by atoms with Crippen molar-refractivity contribution >= 4 is 17.5 Å². The summed E-state index contributed by atoms with van der Waals surface area (Å²) in [7, 11) is 0. The molecule has 1 aromatic rings. The van der Waals surface area contributed by atoms with E-state index in [1.54, 1.807) is 13.8 Å². The average molecular weight is 330 g/mol. The number of hydrogen-bond acceptors (Lipinski definition) is 2. The molecule has 0 radical (unpaired) electrons. The van der Waals surface area contributed by atoms with Crippen LogP contribution in [0, 0.1) is 5.41 Å². The smallest absolute Gasteiger partial charge is 0.342 e. The Bertz CT molecular complexity index is 579. The van der Waals surface area contributed by atoms with Crippen LogP contribution in [0.2, 0.25) is 0 Å². The molecule has 0 aliphatic heterocycles. The summed E-state index contributed by atoms with van der Waals surface area (Å²) in [4.78, 5) is 26.2. The van der Waals surface area contributed by atoms with Crippen molar-refractivity contribution in [2.75, 3.05) is 18.4 Å². The van der Waals surface area contributed by atoms with Crippen molar-refractivity contribution in [3.8, 4) is 0 Å². The maximum atomic E-state index is 12.7. The van der Waals surface area contributed by atoms with Gasteiger partial charge in [0.05, 0.1) is 5.56 Å². The van der Waals surface area contributed by atoms with E-state index in [9.17, 15) is 22.8 Å². The molecule has 0 fully saturated rings. The van der Waals surface area contributed by atoms with E-state index in [0.29, 0.717) is 13.1 Å². The number of benzene rings is 1. The fourth-order valence-corrected chi connectivity index (χ4v) is 2.06. The summed E-state index contributed by atoms with van der Waals surface area (Å²) in [5, 5.41) is 2.39. The van der Waals surface area contributed by atoms with Crippen LogP contribution in [0.5, 0.6) is 0 Å². The van der Waals surface area contributed by atoms with Crippen LogP contribution in [0.25, 0.3) is 0 Å². The van der Waals surface area contributed by atoms with Gasteiger partial charge < -0.3 is 10.2 Å². The van der Waals surface area contributed by atoms with Crippen molar-refractivity contribution in [1.82, 2.24) is 4.90 Å². The van der Waals surface area contributed by atoms with Gasteiger partial charge in [0.2, 0.25) is 11.8 Å². The van der Waals surface area contributed by atoms with Gasteiger partial charge in [-0.15, -0.1) is 0 Å². The Kier molecular flexibility index (Phi) is 5.80. The zero-order chi connectivity index (χ0) is 17.8. The molecule has 0 spiro atoms. The third-order valence-electron chi connectivity index (χ3n) is 3.60. The molecular formula is C16H21F3N2O2. The van der Waals surface area contributed by atoms with E-state index in [0.717, 1.165) is 12.1 Å². The monoisotopic (exact) mass is 330 g/mol. The fraction of sp³-hybridized carbons (Fsp3) is 0.500. The molecule has 0 saturated heterocycles. The molecule has 2 amide bonds. The average Bonchev–Trinajstić information content (AvgIpc) is 2.47. The molecule has 0 aliphatic rings. The lowest BCUT2D eigenvalue weighted by Gasteiger charge is -2.29. The summed E-state index contributed by atoms with van der Waals surface area (Å²) in [6.45, 7) is 7.41. The van der Waals surface area contributed by atoms with Crippen LogP contribution in [0.3, 0.4) is 0 Å². The number of rotatable bonds is 5. The molecule has 0 aromatic heterocycles. The Morgan fingerprint density at radius 3 is 2.17 bits per heavy atom. The highest BCUT2D eigenvalue weighted by molar-refractivity contribution is 6.09. The molecule has 0 atom stereocenters. The molecule has 0 saturated carbocycles. The Morgan fingerprint density at radius 2 is 1.70 bits per heavy atom. The van der Waals surface area contributed by atoms with Crippen LogP contribution in [-0.2, 0) is 15.8 Å². The third-order valence-corrected chi connectivity index (χ3v) is 3.60. The summed E-state index contributed by atoms with van der Waals surface area (Å²) >= 11 is 0. The molecule has 128 valence electrons. The maximum absolute atomic E-state index is 12.7. The minimum absolute atomic E-state index is 0.00486. The number of amides is 2. The number of halogens is 3. The van der Waals surface area contributed by atoms with Crippen molar-refractivity contribution in [2.24, 2.45) is 5.41 Å². The highest BCUT2D eigenvalue weighted by Crippen LogP contribution is 2.31. The first-order valence-electron chi connectivity index (χ1n) is 7.32. The zero-order valence-electron chi connectivity index (χ0n) is 13.6. The molecule has 0 bridgehead atoms. The van der Waals surface area contributed by atoms with Gasteiger partial charge in [0.1, 0.15) is 5.41 Å². The number of nitrogens with one attached hydrogen (secondary N) is 1. The summed E-state index contributed by atoms with van der Waals surface area (Å²) < 4.78 is 38.1. The van der Waals surface area contributed by atoms with Crippen LogP contribution < -0.4 is 5.32 Å². The topological polar surface area (TPSA) is 49.4 Å². The number of anilines is 1. The van der Waals surface area contributed by atoms with E-state index in [2.05, 4.69) is 5.32 Å². The number of alkyl halides is 3. The summed E-state index contributed by atoms with van der Waals surface area (Å²) in [6.07, 6.45) is -4.49. The normalized spacial score (nSPS) is 12.0. The second-order valence-corrected chi connectivity index (χ2v) is 5.64. The van der Waals surface area contributed by atoms with Gasteiger partial charge in [-0.2, -0.15) is 13.2 Å². The summed E-state index contributed by atoms with van der Waals surface area (Å²) in [5.74, 6) is -1.01. The van der Waals surface area contributed by atoms with Crippen LogP contribution in [0.1, 0.15) is 33.3 Å². The first kappa shape index (κ1) is 19.0. The minimum Gasteiger partial charge on any atom is -0.342 e. The van der Waals surface area contributed by atoms with E-state index in [1.165, 1.54) is 30.9 Å². The fourth-order valence-electron chi connectivity index (χ4n) is 2.06. The molecule has 0 unspecified atom stereocenters. The maximum Gasteiger partial charge on any atom is 0.416 e. The lowest BCUT2D eigenvalue weighted by Crippen LogP contribution is -2.47. The predicted molar refractivity (Wildman–Crippen MR) is 81.8 cm³/mol. The molecule has 23 heavy (non-hydrogen) atoms. The summed E-state index contributed by atoms with van der Waals surface area (Å²) in [6, 6.07) is 4.32. The number of carbonyl (C=O) groups excluding carboxylic acids is 2. The molecule has 0 heterocycles. The second kappa shape index (κ2) is 7.02. The van der Waals surface area contributed by atoms with Crippen LogP contribution in [0.15, 0.2) is 24.3 Å².